The van der Waals surface area contributed by atoms with Crippen molar-refractivity contribution in [3.8, 4) is 5.75 Å². The normalized spacial score (nSPS) is 11.4. The Labute approximate surface area is 128 Å². The molecule has 0 saturated carbocycles. The van der Waals surface area contributed by atoms with Gasteiger partial charge >= 0.3 is 0 Å². The SMILES string of the molecule is CC(N)CC(=O)N(C)CCOc1ccc(Br)cc1.Cl. The second kappa shape index (κ2) is 9.18. The van der Waals surface area contributed by atoms with E-state index in [0.29, 0.717) is 19.6 Å². The van der Waals surface area contributed by atoms with E-state index in [4.69, 9.17) is 10.5 Å². The number of hydrogen-bond donors (Lipinski definition) is 1. The van der Waals surface area contributed by atoms with Crippen LogP contribution in [0.3, 0.4) is 0 Å². The summed E-state index contributed by atoms with van der Waals surface area (Å²) in [4.78, 5) is 13.3. The molecule has 0 saturated heterocycles. The zero-order valence-electron chi connectivity index (χ0n) is 11.1. The predicted octanol–water partition coefficient (Wildman–Crippen LogP) is 2.45. The first kappa shape index (κ1) is 18.2. The molecule has 108 valence electrons. The number of likely N-dealkylation sites (N-methyl/N-ethyl adjacent to an activating group) is 1. The van der Waals surface area contributed by atoms with Crippen molar-refractivity contribution in [2.75, 3.05) is 20.2 Å². The molecule has 1 unspecified atom stereocenters. The lowest BCUT2D eigenvalue weighted by Crippen LogP contribution is -2.34. The highest BCUT2D eigenvalue weighted by Crippen LogP contribution is 2.15. The summed E-state index contributed by atoms with van der Waals surface area (Å²) in [5, 5.41) is 0. The number of carbonyl (C=O) groups excluding carboxylic acids is 1. The fourth-order valence-corrected chi connectivity index (χ4v) is 1.65. The number of nitrogens with two attached hydrogens (primary N) is 1. The molecule has 0 aliphatic heterocycles. The second-order valence-electron chi connectivity index (χ2n) is 4.30. The number of hydrogen-bond acceptors (Lipinski definition) is 3. The van der Waals surface area contributed by atoms with Gasteiger partial charge in [0.2, 0.25) is 5.91 Å². The van der Waals surface area contributed by atoms with Crippen molar-refractivity contribution in [2.45, 2.75) is 19.4 Å². The van der Waals surface area contributed by atoms with Gasteiger partial charge in [0.05, 0.1) is 6.54 Å². The van der Waals surface area contributed by atoms with Crippen molar-refractivity contribution in [1.29, 1.82) is 0 Å². The number of carbonyl (C=O) groups is 1. The number of ether oxygens (including phenoxy) is 1. The molecule has 4 nitrogen and oxygen atoms in total. The van der Waals surface area contributed by atoms with Gasteiger partial charge in [-0.2, -0.15) is 0 Å². The molecule has 1 atom stereocenters. The van der Waals surface area contributed by atoms with Gasteiger partial charge in [0, 0.05) is 24.0 Å². The van der Waals surface area contributed by atoms with Gasteiger partial charge in [-0.15, -0.1) is 12.4 Å². The average molecular weight is 352 g/mol. The monoisotopic (exact) mass is 350 g/mol. The summed E-state index contributed by atoms with van der Waals surface area (Å²) in [5.41, 5.74) is 5.58. The topological polar surface area (TPSA) is 55.6 Å². The lowest BCUT2D eigenvalue weighted by Gasteiger charge is -2.18. The third-order valence-corrected chi connectivity index (χ3v) is 2.96. The fraction of sp³-hybridized carbons (Fsp3) is 0.462. The van der Waals surface area contributed by atoms with E-state index in [2.05, 4.69) is 15.9 Å². The highest BCUT2D eigenvalue weighted by molar-refractivity contribution is 9.10. The standard InChI is InChI=1S/C13H19BrN2O2.ClH/c1-10(15)9-13(17)16(2)7-8-18-12-5-3-11(14)4-6-12;/h3-6,10H,7-9,15H2,1-2H3;1H. The summed E-state index contributed by atoms with van der Waals surface area (Å²) in [5.74, 6) is 0.843. The first-order chi connectivity index (χ1) is 8.49. The molecule has 6 heteroatoms. The summed E-state index contributed by atoms with van der Waals surface area (Å²) in [6.07, 6.45) is 0.370. The average Bonchev–Trinajstić information content (AvgIpc) is 2.30. The first-order valence-electron chi connectivity index (χ1n) is 5.87. The van der Waals surface area contributed by atoms with Gasteiger partial charge in [0.15, 0.2) is 0 Å². The molecule has 0 fully saturated rings. The molecule has 1 rings (SSSR count). The molecule has 0 radical (unpaired) electrons. The van der Waals surface area contributed by atoms with E-state index in [1.165, 1.54) is 0 Å². The van der Waals surface area contributed by atoms with Crippen molar-refractivity contribution in [3.05, 3.63) is 28.7 Å². The van der Waals surface area contributed by atoms with E-state index >= 15 is 0 Å². The van der Waals surface area contributed by atoms with Gasteiger partial charge in [0.25, 0.3) is 0 Å². The van der Waals surface area contributed by atoms with Crippen molar-refractivity contribution in [1.82, 2.24) is 4.90 Å². The highest BCUT2D eigenvalue weighted by Gasteiger charge is 2.10. The van der Waals surface area contributed by atoms with Crippen LogP contribution in [0, 0.1) is 0 Å². The maximum Gasteiger partial charge on any atom is 0.223 e. The van der Waals surface area contributed by atoms with Gasteiger partial charge in [-0.05, 0) is 31.2 Å². The smallest absolute Gasteiger partial charge is 0.223 e. The molecule has 0 aliphatic rings. The molecule has 19 heavy (non-hydrogen) atoms. The Bertz CT molecular complexity index is 385. The van der Waals surface area contributed by atoms with E-state index in [9.17, 15) is 4.79 Å². The Morgan fingerprint density at radius 1 is 1.42 bits per heavy atom. The Morgan fingerprint density at radius 2 is 2.00 bits per heavy atom. The largest absolute Gasteiger partial charge is 0.492 e. The maximum absolute atomic E-state index is 11.6. The third-order valence-electron chi connectivity index (χ3n) is 2.43. The van der Waals surface area contributed by atoms with Gasteiger partial charge in [-0.1, -0.05) is 15.9 Å². The van der Waals surface area contributed by atoms with Crippen LogP contribution < -0.4 is 10.5 Å². The summed E-state index contributed by atoms with van der Waals surface area (Å²) in [6.45, 7) is 2.86. The highest BCUT2D eigenvalue weighted by atomic mass is 79.9. The van der Waals surface area contributed by atoms with E-state index in [0.717, 1.165) is 10.2 Å². The Balaban J connectivity index is 0.00000324. The molecular formula is C13H20BrClN2O2. The van der Waals surface area contributed by atoms with Crippen LogP contribution in [0.25, 0.3) is 0 Å². The zero-order valence-corrected chi connectivity index (χ0v) is 13.5. The molecule has 0 spiro atoms. The van der Waals surface area contributed by atoms with Crippen LogP contribution in [0.2, 0.25) is 0 Å². The molecule has 0 aromatic heterocycles. The van der Waals surface area contributed by atoms with Gasteiger partial charge < -0.3 is 15.4 Å². The molecule has 0 aliphatic carbocycles. The minimum atomic E-state index is -0.104. The molecule has 1 amide bonds. The summed E-state index contributed by atoms with van der Waals surface area (Å²) in [7, 11) is 1.76. The Morgan fingerprint density at radius 3 is 2.53 bits per heavy atom. The minimum Gasteiger partial charge on any atom is -0.492 e. The zero-order chi connectivity index (χ0) is 13.5. The van der Waals surface area contributed by atoms with Crippen molar-refractivity contribution in [2.24, 2.45) is 5.73 Å². The lowest BCUT2D eigenvalue weighted by atomic mass is 10.2. The summed E-state index contributed by atoms with van der Waals surface area (Å²) >= 11 is 3.36. The van der Waals surface area contributed by atoms with E-state index < -0.39 is 0 Å². The van der Waals surface area contributed by atoms with Gasteiger partial charge in [0.1, 0.15) is 12.4 Å². The second-order valence-corrected chi connectivity index (χ2v) is 5.21. The maximum atomic E-state index is 11.6. The molecule has 1 aromatic carbocycles. The minimum absolute atomic E-state index is 0. The van der Waals surface area contributed by atoms with Crippen LogP contribution in [0.15, 0.2) is 28.7 Å². The number of amides is 1. The van der Waals surface area contributed by atoms with E-state index in [-0.39, 0.29) is 24.4 Å². The van der Waals surface area contributed by atoms with Crippen LogP contribution in [-0.4, -0.2) is 37.0 Å². The first-order valence-corrected chi connectivity index (χ1v) is 6.66. The van der Waals surface area contributed by atoms with Crippen molar-refractivity contribution < 1.29 is 9.53 Å². The van der Waals surface area contributed by atoms with Gasteiger partial charge in [-0.3, -0.25) is 4.79 Å². The Kier molecular flexibility index (Phi) is 8.80. The molecular weight excluding hydrogens is 332 g/mol. The van der Waals surface area contributed by atoms with E-state index in [1.54, 1.807) is 11.9 Å². The summed E-state index contributed by atoms with van der Waals surface area (Å²) < 4.78 is 6.55. The molecule has 0 bridgehead atoms. The fourth-order valence-electron chi connectivity index (χ4n) is 1.39. The number of benzene rings is 1. The molecule has 1 aromatic rings. The van der Waals surface area contributed by atoms with Crippen LogP contribution in [0.4, 0.5) is 0 Å². The summed E-state index contributed by atoms with van der Waals surface area (Å²) in [6, 6.07) is 7.50. The Hall–Kier alpha value is -0.780. The van der Waals surface area contributed by atoms with Crippen LogP contribution >= 0.6 is 28.3 Å². The van der Waals surface area contributed by atoms with Gasteiger partial charge in [-0.25, -0.2) is 0 Å². The van der Waals surface area contributed by atoms with Crippen LogP contribution in [0.5, 0.6) is 5.75 Å². The van der Waals surface area contributed by atoms with Crippen molar-refractivity contribution >= 4 is 34.2 Å². The number of nitrogens with zero attached hydrogens (tertiary/aromatic N) is 1. The van der Waals surface area contributed by atoms with Crippen molar-refractivity contribution in [3.63, 3.8) is 0 Å². The number of halogens is 2. The van der Waals surface area contributed by atoms with Crippen LogP contribution in [0.1, 0.15) is 13.3 Å². The predicted molar refractivity (Wildman–Crippen MR) is 82.8 cm³/mol. The van der Waals surface area contributed by atoms with E-state index in [1.807, 2.05) is 31.2 Å². The quantitative estimate of drug-likeness (QED) is 0.856. The molecule has 0 heterocycles. The van der Waals surface area contributed by atoms with Crippen LogP contribution in [-0.2, 0) is 4.79 Å². The number of rotatable bonds is 6. The molecule has 2 N–H and O–H groups in total. The lowest BCUT2D eigenvalue weighted by molar-refractivity contribution is -0.130. The third kappa shape index (κ3) is 7.40.